The van der Waals surface area contributed by atoms with Gasteiger partial charge in [-0.05, 0) is 38.7 Å². The zero-order valence-corrected chi connectivity index (χ0v) is 16.7. The van der Waals surface area contributed by atoms with Gasteiger partial charge in [0.1, 0.15) is 17.7 Å². The van der Waals surface area contributed by atoms with Crippen molar-refractivity contribution in [1.29, 1.82) is 0 Å². The van der Waals surface area contributed by atoms with Crippen LogP contribution >= 0.6 is 0 Å². The first-order chi connectivity index (χ1) is 12.1. The minimum Gasteiger partial charge on any atom is -0.459 e. The molecule has 1 saturated heterocycles. The highest BCUT2D eigenvalue weighted by Gasteiger charge is 2.44. The third-order valence-electron chi connectivity index (χ3n) is 4.42. The summed E-state index contributed by atoms with van der Waals surface area (Å²) in [6, 6.07) is 9.03. The average Bonchev–Trinajstić information content (AvgIpc) is 2.52. The zero-order chi connectivity index (χ0) is 19.5. The van der Waals surface area contributed by atoms with Crippen LogP contribution in [0.4, 0.5) is 4.79 Å². The third kappa shape index (κ3) is 5.23. The largest absolute Gasteiger partial charge is 0.459 e. The van der Waals surface area contributed by atoms with Gasteiger partial charge in [0.15, 0.2) is 0 Å². The molecule has 1 fully saturated rings. The fourth-order valence-corrected chi connectivity index (χ4v) is 3.30. The SMILES string of the molecule is CC(C)C[C@H]1CN(C(=O)OC(C)(C)C)[C@@H](C(C)c2ccccc2)C(=O)O1. The van der Waals surface area contributed by atoms with E-state index in [-0.39, 0.29) is 18.0 Å². The third-order valence-corrected chi connectivity index (χ3v) is 4.42. The Morgan fingerprint density at radius 3 is 2.38 bits per heavy atom. The van der Waals surface area contributed by atoms with Gasteiger partial charge in [-0.25, -0.2) is 9.59 Å². The maximum atomic E-state index is 12.8. The van der Waals surface area contributed by atoms with E-state index in [0.717, 1.165) is 12.0 Å². The van der Waals surface area contributed by atoms with Crippen LogP contribution < -0.4 is 0 Å². The molecule has 0 aliphatic carbocycles. The highest BCUT2D eigenvalue weighted by molar-refractivity contribution is 5.84. The summed E-state index contributed by atoms with van der Waals surface area (Å²) in [6.07, 6.45) is -0.0396. The minimum atomic E-state index is -0.685. The predicted octanol–water partition coefficient (Wildman–Crippen LogP) is 4.37. The minimum absolute atomic E-state index is 0.184. The lowest BCUT2D eigenvalue weighted by Gasteiger charge is -2.41. The lowest BCUT2D eigenvalue weighted by atomic mass is 9.90. The van der Waals surface area contributed by atoms with E-state index in [0.29, 0.717) is 12.5 Å². The lowest BCUT2D eigenvalue weighted by molar-refractivity contribution is -0.167. The van der Waals surface area contributed by atoms with Crippen LogP contribution in [0.3, 0.4) is 0 Å². The Kier molecular flexibility index (Phi) is 6.32. The number of esters is 1. The molecule has 1 aromatic rings. The standard InChI is InChI=1S/C21H31NO4/c1-14(2)12-17-13-22(20(24)26-21(4,5)6)18(19(23)25-17)15(3)16-10-8-7-9-11-16/h7-11,14-15,17-18H,12-13H2,1-6H3/t15?,17-,18-/m0/s1. The van der Waals surface area contributed by atoms with E-state index < -0.39 is 17.7 Å². The van der Waals surface area contributed by atoms with Crippen molar-refractivity contribution in [3.8, 4) is 0 Å². The summed E-state index contributed by atoms with van der Waals surface area (Å²) >= 11 is 0. The van der Waals surface area contributed by atoms with E-state index in [1.54, 1.807) is 4.90 Å². The van der Waals surface area contributed by atoms with Crippen LogP contribution in [0.2, 0.25) is 0 Å². The second kappa shape index (κ2) is 8.11. The van der Waals surface area contributed by atoms with E-state index in [1.807, 2.05) is 58.0 Å². The highest BCUT2D eigenvalue weighted by atomic mass is 16.6. The molecule has 2 rings (SSSR count). The summed E-state index contributed by atoms with van der Waals surface area (Å²) in [5, 5.41) is 0. The Morgan fingerprint density at radius 2 is 1.85 bits per heavy atom. The molecule has 5 nitrogen and oxygen atoms in total. The summed E-state index contributed by atoms with van der Waals surface area (Å²) in [6.45, 7) is 11.9. The summed E-state index contributed by atoms with van der Waals surface area (Å²) in [5.41, 5.74) is 0.372. The second-order valence-corrected chi connectivity index (χ2v) is 8.47. The number of hydrogen-bond acceptors (Lipinski definition) is 4. The average molecular weight is 361 g/mol. The van der Waals surface area contributed by atoms with E-state index in [2.05, 4.69) is 13.8 Å². The fraction of sp³-hybridized carbons (Fsp3) is 0.619. The van der Waals surface area contributed by atoms with Gasteiger partial charge in [0.2, 0.25) is 0 Å². The van der Waals surface area contributed by atoms with Crippen LogP contribution in [0.15, 0.2) is 30.3 Å². The molecule has 1 heterocycles. The molecule has 0 spiro atoms. The number of rotatable bonds is 4. The Morgan fingerprint density at radius 1 is 1.23 bits per heavy atom. The van der Waals surface area contributed by atoms with Crippen molar-refractivity contribution in [2.75, 3.05) is 6.54 Å². The van der Waals surface area contributed by atoms with Crippen LogP contribution in [0.25, 0.3) is 0 Å². The number of cyclic esters (lactones) is 1. The molecule has 144 valence electrons. The molecule has 1 aliphatic rings. The van der Waals surface area contributed by atoms with E-state index >= 15 is 0 Å². The van der Waals surface area contributed by atoms with E-state index in [4.69, 9.17) is 9.47 Å². The molecule has 26 heavy (non-hydrogen) atoms. The summed E-state index contributed by atoms with van der Waals surface area (Å²) in [4.78, 5) is 27.2. The number of hydrogen-bond donors (Lipinski definition) is 0. The maximum absolute atomic E-state index is 12.8. The van der Waals surface area contributed by atoms with Crippen molar-refractivity contribution < 1.29 is 19.1 Å². The molecule has 1 amide bonds. The number of amides is 1. The molecular formula is C21H31NO4. The van der Waals surface area contributed by atoms with Crippen molar-refractivity contribution in [2.45, 2.75) is 71.6 Å². The van der Waals surface area contributed by atoms with Gasteiger partial charge >= 0.3 is 12.1 Å². The molecular weight excluding hydrogens is 330 g/mol. The lowest BCUT2D eigenvalue weighted by Crippen LogP contribution is -2.58. The summed E-state index contributed by atoms with van der Waals surface area (Å²) < 4.78 is 11.2. The van der Waals surface area contributed by atoms with Crippen LogP contribution in [-0.2, 0) is 14.3 Å². The van der Waals surface area contributed by atoms with Gasteiger partial charge in [-0.2, -0.15) is 0 Å². The molecule has 0 N–H and O–H groups in total. The first-order valence-corrected chi connectivity index (χ1v) is 9.33. The number of ether oxygens (including phenoxy) is 2. The number of carbonyl (C=O) groups excluding carboxylic acids is 2. The molecule has 1 aromatic carbocycles. The van der Waals surface area contributed by atoms with Crippen LogP contribution in [0.5, 0.6) is 0 Å². The predicted molar refractivity (Wildman–Crippen MR) is 101 cm³/mol. The van der Waals surface area contributed by atoms with Gasteiger partial charge in [0.25, 0.3) is 0 Å². The van der Waals surface area contributed by atoms with Crippen molar-refractivity contribution in [1.82, 2.24) is 4.90 Å². The summed E-state index contributed by atoms with van der Waals surface area (Å²) in [5.74, 6) is -0.170. The first-order valence-electron chi connectivity index (χ1n) is 9.33. The molecule has 0 saturated carbocycles. The number of carbonyl (C=O) groups is 2. The number of benzene rings is 1. The summed E-state index contributed by atoms with van der Waals surface area (Å²) in [7, 11) is 0. The molecule has 3 atom stereocenters. The maximum Gasteiger partial charge on any atom is 0.411 e. The van der Waals surface area contributed by atoms with Gasteiger partial charge in [-0.3, -0.25) is 4.90 Å². The molecule has 0 aromatic heterocycles. The van der Waals surface area contributed by atoms with Crippen LogP contribution in [-0.4, -0.2) is 41.3 Å². The van der Waals surface area contributed by atoms with Crippen molar-refractivity contribution in [3.63, 3.8) is 0 Å². The topological polar surface area (TPSA) is 55.8 Å². The van der Waals surface area contributed by atoms with Crippen LogP contribution in [0.1, 0.15) is 59.4 Å². The highest BCUT2D eigenvalue weighted by Crippen LogP contribution is 2.30. The normalized spacial score (nSPS) is 22.1. The molecule has 5 heteroatoms. The molecule has 0 radical (unpaired) electrons. The Labute approximate surface area is 156 Å². The van der Waals surface area contributed by atoms with Crippen LogP contribution in [0, 0.1) is 5.92 Å². The van der Waals surface area contributed by atoms with Crippen molar-refractivity contribution >= 4 is 12.1 Å². The van der Waals surface area contributed by atoms with Gasteiger partial charge in [-0.1, -0.05) is 51.1 Å². The Balaban J connectivity index is 2.29. The van der Waals surface area contributed by atoms with Gasteiger partial charge < -0.3 is 9.47 Å². The van der Waals surface area contributed by atoms with Gasteiger partial charge in [-0.15, -0.1) is 0 Å². The Hall–Kier alpha value is -2.04. The zero-order valence-electron chi connectivity index (χ0n) is 16.7. The first kappa shape index (κ1) is 20.3. The quantitative estimate of drug-likeness (QED) is 0.748. The number of morpholine rings is 1. The van der Waals surface area contributed by atoms with E-state index in [9.17, 15) is 9.59 Å². The fourth-order valence-electron chi connectivity index (χ4n) is 3.30. The van der Waals surface area contributed by atoms with E-state index in [1.165, 1.54) is 0 Å². The monoisotopic (exact) mass is 361 g/mol. The Bertz CT molecular complexity index is 621. The number of nitrogens with zero attached hydrogens (tertiary/aromatic N) is 1. The molecule has 1 unspecified atom stereocenters. The molecule has 1 aliphatic heterocycles. The molecule has 0 bridgehead atoms. The smallest absolute Gasteiger partial charge is 0.411 e. The van der Waals surface area contributed by atoms with Crippen molar-refractivity contribution in [2.24, 2.45) is 5.92 Å². The van der Waals surface area contributed by atoms with Gasteiger partial charge in [0, 0.05) is 5.92 Å². The van der Waals surface area contributed by atoms with Crippen molar-refractivity contribution in [3.05, 3.63) is 35.9 Å². The second-order valence-electron chi connectivity index (χ2n) is 8.47. The van der Waals surface area contributed by atoms with Gasteiger partial charge in [0.05, 0.1) is 6.54 Å².